The van der Waals surface area contributed by atoms with Crippen molar-refractivity contribution in [3.05, 3.63) is 71.0 Å². The molecule has 0 saturated heterocycles. The molecule has 0 radical (unpaired) electrons. The summed E-state index contributed by atoms with van der Waals surface area (Å²) in [5.74, 6) is -1.82. The summed E-state index contributed by atoms with van der Waals surface area (Å²) >= 11 is 0. The van der Waals surface area contributed by atoms with Gasteiger partial charge >= 0.3 is 0 Å². The molecule has 0 spiro atoms. The number of halogens is 3. The summed E-state index contributed by atoms with van der Waals surface area (Å²) in [4.78, 5) is 20.0. The third-order valence-electron chi connectivity index (χ3n) is 2.10. The third-order valence-corrected chi connectivity index (χ3v) is 2.10. The van der Waals surface area contributed by atoms with Gasteiger partial charge in [-0.2, -0.15) is 0 Å². The average Bonchev–Trinajstić information content (AvgIpc) is 2.40. The number of benzene rings is 2. The van der Waals surface area contributed by atoms with Crippen LogP contribution in [0.5, 0.6) is 0 Å². The third kappa shape index (κ3) is 4.75. The fourth-order valence-electron chi connectivity index (χ4n) is 1.14. The molecular formula is C14H9F3O2. The van der Waals surface area contributed by atoms with E-state index in [4.69, 9.17) is 0 Å². The number of aldehydes is 2. The summed E-state index contributed by atoms with van der Waals surface area (Å²) < 4.78 is 36.6. The molecule has 2 nitrogen and oxygen atoms in total. The van der Waals surface area contributed by atoms with E-state index in [9.17, 15) is 22.8 Å². The highest BCUT2D eigenvalue weighted by molar-refractivity contribution is 5.75. The number of hydrogen-bond acceptors (Lipinski definition) is 2. The molecule has 0 unspecified atom stereocenters. The first kappa shape index (κ1) is 14.6. The maximum Gasteiger partial charge on any atom is 0.152 e. The quantitative estimate of drug-likeness (QED) is 0.780. The predicted octanol–water partition coefficient (Wildman–Crippen LogP) is 3.42. The molecule has 2 aromatic carbocycles. The van der Waals surface area contributed by atoms with Crippen molar-refractivity contribution in [1.82, 2.24) is 0 Å². The van der Waals surface area contributed by atoms with Crippen molar-refractivity contribution in [3.63, 3.8) is 0 Å². The summed E-state index contributed by atoms with van der Waals surface area (Å²) in [6, 6.07) is 8.17. The molecule has 0 aliphatic rings. The number of carbonyl (C=O) groups excluding carboxylic acids is 2. The van der Waals surface area contributed by atoms with E-state index in [1.165, 1.54) is 24.3 Å². The van der Waals surface area contributed by atoms with Crippen LogP contribution in [-0.2, 0) is 0 Å². The van der Waals surface area contributed by atoms with E-state index < -0.39 is 11.6 Å². The van der Waals surface area contributed by atoms with Gasteiger partial charge < -0.3 is 0 Å². The van der Waals surface area contributed by atoms with E-state index in [0.29, 0.717) is 24.2 Å². The van der Waals surface area contributed by atoms with Gasteiger partial charge in [-0.15, -0.1) is 0 Å². The molecular weight excluding hydrogens is 257 g/mol. The Hall–Kier alpha value is -2.43. The average molecular weight is 266 g/mol. The Morgan fingerprint density at radius 2 is 1.32 bits per heavy atom. The zero-order valence-electron chi connectivity index (χ0n) is 9.65. The van der Waals surface area contributed by atoms with Crippen LogP contribution in [0, 0.1) is 17.5 Å². The highest BCUT2D eigenvalue weighted by atomic mass is 19.1. The molecule has 0 N–H and O–H groups in total. The standard InChI is InChI=1S/C7H4F2O.C7H5FO/c8-6-2-1-5(4-10)7(9)3-6;8-7-3-1-6(5-9)2-4-7/h1-4H;1-5H. The monoisotopic (exact) mass is 266 g/mol. The van der Waals surface area contributed by atoms with Crippen LogP contribution >= 0.6 is 0 Å². The highest BCUT2D eigenvalue weighted by Crippen LogP contribution is 2.06. The first-order chi connectivity index (χ1) is 9.06. The SMILES string of the molecule is O=Cc1ccc(F)cc1.O=Cc1ccc(F)cc1F. The largest absolute Gasteiger partial charge is 0.298 e. The Kier molecular flexibility index (Phi) is 5.47. The summed E-state index contributed by atoms with van der Waals surface area (Å²) in [6.45, 7) is 0. The normalized spacial score (nSPS) is 9.21. The van der Waals surface area contributed by atoms with E-state index in [0.717, 1.165) is 12.1 Å². The fraction of sp³-hybridized carbons (Fsp3) is 0. The molecule has 0 atom stereocenters. The van der Waals surface area contributed by atoms with Crippen LogP contribution in [0.25, 0.3) is 0 Å². The molecule has 0 aliphatic heterocycles. The lowest BCUT2D eigenvalue weighted by Gasteiger charge is -1.91. The minimum Gasteiger partial charge on any atom is -0.298 e. The number of carbonyl (C=O) groups is 2. The van der Waals surface area contributed by atoms with E-state index in [-0.39, 0.29) is 11.4 Å². The zero-order valence-corrected chi connectivity index (χ0v) is 9.65. The van der Waals surface area contributed by atoms with Crippen LogP contribution in [0.1, 0.15) is 20.7 Å². The first-order valence-corrected chi connectivity index (χ1v) is 5.18. The van der Waals surface area contributed by atoms with Crippen LogP contribution in [0.2, 0.25) is 0 Å². The van der Waals surface area contributed by atoms with Gasteiger partial charge in [-0.25, -0.2) is 13.2 Å². The molecule has 0 aliphatic carbocycles. The molecule has 5 heteroatoms. The predicted molar refractivity (Wildman–Crippen MR) is 63.5 cm³/mol. The Labute approximate surface area is 107 Å². The Morgan fingerprint density at radius 3 is 1.79 bits per heavy atom. The van der Waals surface area contributed by atoms with E-state index in [2.05, 4.69) is 0 Å². The molecule has 98 valence electrons. The summed E-state index contributed by atoms with van der Waals surface area (Å²) in [7, 11) is 0. The molecule has 0 heterocycles. The Morgan fingerprint density at radius 1 is 0.737 bits per heavy atom. The van der Waals surface area contributed by atoms with Crippen molar-refractivity contribution >= 4 is 12.6 Å². The lowest BCUT2D eigenvalue weighted by atomic mass is 10.2. The van der Waals surface area contributed by atoms with Gasteiger partial charge in [0, 0.05) is 11.6 Å². The van der Waals surface area contributed by atoms with Crippen LogP contribution in [0.15, 0.2) is 42.5 Å². The van der Waals surface area contributed by atoms with Crippen molar-refractivity contribution in [2.24, 2.45) is 0 Å². The maximum atomic E-state index is 12.4. The lowest BCUT2D eigenvalue weighted by Crippen LogP contribution is -1.87. The van der Waals surface area contributed by atoms with Crippen molar-refractivity contribution in [1.29, 1.82) is 0 Å². The summed E-state index contributed by atoms with van der Waals surface area (Å²) in [6.07, 6.45) is 1.02. The van der Waals surface area contributed by atoms with Gasteiger partial charge in [0.2, 0.25) is 0 Å². The zero-order chi connectivity index (χ0) is 14.3. The second-order valence-corrected chi connectivity index (χ2v) is 3.45. The molecule has 2 aromatic rings. The lowest BCUT2D eigenvalue weighted by molar-refractivity contribution is 0.111. The highest BCUT2D eigenvalue weighted by Gasteiger charge is 2.00. The number of hydrogen-bond donors (Lipinski definition) is 0. The van der Waals surface area contributed by atoms with Crippen LogP contribution in [-0.4, -0.2) is 12.6 Å². The topological polar surface area (TPSA) is 34.1 Å². The maximum absolute atomic E-state index is 12.4. The van der Waals surface area contributed by atoms with E-state index >= 15 is 0 Å². The van der Waals surface area contributed by atoms with Crippen molar-refractivity contribution in [3.8, 4) is 0 Å². The Balaban J connectivity index is 0.000000191. The van der Waals surface area contributed by atoms with Crippen molar-refractivity contribution in [2.75, 3.05) is 0 Å². The van der Waals surface area contributed by atoms with Gasteiger partial charge in [0.25, 0.3) is 0 Å². The van der Waals surface area contributed by atoms with Gasteiger partial charge in [-0.05, 0) is 36.4 Å². The van der Waals surface area contributed by atoms with Gasteiger partial charge in [0.1, 0.15) is 23.7 Å². The summed E-state index contributed by atoms with van der Waals surface area (Å²) in [5, 5.41) is 0. The van der Waals surface area contributed by atoms with Gasteiger partial charge in [0.05, 0.1) is 5.56 Å². The van der Waals surface area contributed by atoms with E-state index in [1.807, 2.05) is 0 Å². The second kappa shape index (κ2) is 7.10. The first-order valence-electron chi connectivity index (χ1n) is 5.18. The summed E-state index contributed by atoms with van der Waals surface area (Å²) in [5.41, 5.74) is 0.373. The molecule has 0 amide bonds. The van der Waals surface area contributed by atoms with E-state index in [1.54, 1.807) is 0 Å². The number of rotatable bonds is 2. The van der Waals surface area contributed by atoms with Crippen molar-refractivity contribution < 1.29 is 22.8 Å². The van der Waals surface area contributed by atoms with Gasteiger partial charge in [-0.3, -0.25) is 9.59 Å². The second-order valence-electron chi connectivity index (χ2n) is 3.45. The van der Waals surface area contributed by atoms with Gasteiger partial charge in [0.15, 0.2) is 6.29 Å². The minimum atomic E-state index is -0.824. The van der Waals surface area contributed by atoms with Gasteiger partial charge in [-0.1, -0.05) is 0 Å². The van der Waals surface area contributed by atoms with Crippen molar-refractivity contribution in [2.45, 2.75) is 0 Å². The molecule has 0 aromatic heterocycles. The molecule has 0 bridgehead atoms. The van der Waals surface area contributed by atoms with Crippen LogP contribution in [0.4, 0.5) is 13.2 Å². The van der Waals surface area contributed by atoms with Crippen LogP contribution in [0.3, 0.4) is 0 Å². The fourth-order valence-corrected chi connectivity index (χ4v) is 1.14. The Bertz CT molecular complexity index is 565. The molecule has 19 heavy (non-hydrogen) atoms. The molecule has 2 rings (SSSR count). The molecule has 0 saturated carbocycles. The molecule has 0 fully saturated rings. The minimum absolute atomic E-state index is 0.124. The van der Waals surface area contributed by atoms with Crippen LogP contribution < -0.4 is 0 Å². The smallest absolute Gasteiger partial charge is 0.152 e.